The molecule has 4 rings (SSSR count). The summed E-state index contributed by atoms with van der Waals surface area (Å²) in [5.41, 5.74) is 0.785. The lowest BCUT2D eigenvalue weighted by Crippen LogP contribution is -2.53. The van der Waals surface area contributed by atoms with E-state index in [1.165, 1.54) is 42.6 Å². The Morgan fingerprint density at radius 3 is 2.77 bits per heavy atom. The molecule has 5 atom stereocenters. The fourth-order valence-electron chi connectivity index (χ4n) is 5.90. The van der Waals surface area contributed by atoms with Crippen molar-refractivity contribution in [2.75, 3.05) is 13.1 Å². The van der Waals surface area contributed by atoms with Gasteiger partial charge in [0.15, 0.2) is 0 Å². The van der Waals surface area contributed by atoms with Crippen molar-refractivity contribution in [3.63, 3.8) is 0 Å². The second-order valence-electron chi connectivity index (χ2n) is 9.57. The van der Waals surface area contributed by atoms with E-state index in [1.54, 1.807) is 12.1 Å². The molecule has 1 N–H and O–H groups in total. The summed E-state index contributed by atoms with van der Waals surface area (Å²) in [5.74, 6) is 1.75. The number of carbonyl (C=O) groups is 1. The molecule has 1 aliphatic heterocycles. The number of sulfonamides is 1. The van der Waals surface area contributed by atoms with Crippen molar-refractivity contribution < 1.29 is 13.2 Å². The fourth-order valence-corrected chi connectivity index (χ4v) is 7.37. The number of aryl methyl sites for hydroxylation is 1. The van der Waals surface area contributed by atoms with Gasteiger partial charge in [0.1, 0.15) is 4.90 Å². The predicted octanol–water partition coefficient (Wildman–Crippen LogP) is 3.51. The molecule has 166 valence electrons. The van der Waals surface area contributed by atoms with Gasteiger partial charge in [0.25, 0.3) is 0 Å². The highest BCUT2D eigenvalue weighted by molar-refractivity contribution is 7.89. The topological polar surface area (TPSA) is 79.4 Å². The summed E-state index contributed by atoms with van der Waals surface area (Å²) in [5, 5.41) is 3.39. The monoisotopic (exact) mass is 433 g/mol. The number of fused-ring (bicyclic) bond motifs is 2. The van der Waals surface area contributed by atoms with Gasteiger partial charge in [0.2, 0.25) is 15.9 Å². The van der Waals surface area contributed by atoms with Gasteiger partial charge in [-0.3, -0.25) is 9.78 Å². The van der Waals surface area contributed by atoms with E-state index in [-0.39, 0.29) is 29.3 Å². The van der Waals surface area contributed by atoms with Crippen LogP contribution in [0, 0.1) is 30.6 Å². The number of hydrogen-bond donors (Lipinski definition) is 1. The minimum Gasteiger partial charge on any atom is -0.353 e. The first-order valence-corrected chi connectivity index (χ1v) is 13.1. The summed E-state index contributed by atoms with van der Waals surface area (Å²) in [7, 11) is -3.62. The van der Waals surface area contributed by atoms with E-state index in [0.717, 1.165) is 24.5 Å². The Bertz CT molecular complexity index is 853. The van der Waals surface area contributed by atoms with Crippen molar-refractivity contribution in [2.24, 2.45) is 23.7 Å². The zero-order chi connectivity index (χ0) is 21.3. The van der Waals surface area contributed by atoms with Crippen molar-refractivity contribution in [3.05, 3.63) is 24.0 Å². The highest BCUT2D eigenvalue weighted by atomic mass is 32.2. The van der Waals surface area contributed by atoms with Gasteiger partial charge in [0.05, 0.1) is 5.92 Å². The molecule has 2 heterocycles. The smallest absolute Gasteiger partial charge is 0.244 e. The number of aromatic nitrogens is 1. The second kappa shape index (κ2) is 8.95. The Balaban J connectivity index is 1.44. The van der Waals surface area contributed by atoms with Gasteiger partial charge in [-0.05, 0) is 68.9 Å². The Morgan fingerprint density at radius 2 is 2.03 bits per heavy atom. The Labute approximate surface area is 180 Å². The van der Waals surface area contributed by atoms with Crippen LogP contribution in [0.2, 0.25) is 0 Å². The molecule has 1 aromatic rings. The minimum absolute atomic E-state index is 0.0457. The molecule has 2 saturated carbocycles. The van der Waals surface area contributed by atoms with E-state index in [4.69, 9.17) is 0 Å². The maximum atomic E-state index is 13.2. The van der Waals surface area contributed by atoms with Crippen molar-refractivity contribution in [1.82, 2.24) is 14.6 Å². The summed E-state index contributed by atoms with van der Waals surface area (Å²) in [6, 6.07) is 3.58. The van der Waals surface area contributed by atoms with Crippen LogP contribution in [-0.2, 0) is 14.8 Å². The number of hydrogen-bond acceptors (Lipinski definition) is 4. The number of carbonyl (C=O) groups excluding carboxylic acids is 1. The molecular weight excluding hydrogens is 398 g/mol. The van der Waals surface area contributed by atoms with Crippen molar-refractivity contribution in [2.45, 2.75) is 76.2 Å². The van der Waals surface area contributed by atoms with E-state index in [9.17, 15) is 13.2 Å². The van der Waals surface area contributed by atoms with Crippen LogP contribution in [0.25, 0.3) is 0 Å². The first-order valence-electron chi connectivity index (χ1n) is 11.6. The van der Waals surface area contributed by atoms with Gasteiger partial charge < -0.3 is 5.32 Å². The number of nitrogens with one attached hydrogen (secondary N) is 1. The fraction of sp³-hybridized carbons (Fsp3) is 0.739. The quantitative estimate of drug-likeness (QED) is 0.771. The summed E-state index contributed by atoms with van der Waals surface area (Å²) in [4.78, 5) is 17.5. The Hall–Kier alpha value is -1.47. The molecule has 1 aromatic heterocycles. The molecule has 30 heavy (non-hydrogen) atoms. The maximum Gasteiger partial charge on any atom is 0.244 e. The van der Waals surface area contributed by atoms with Crippen LogP contribution in [0.15, 0.2) is 23.2 Å². The summed E-state index contributed by atoms with van der Waals surface area (Å²) < 4.78 is 27.6. The van der Waals surface area contributed by atoms with Gasteiger partial charge in [0, 0.05) is 31.0 Å². The summed E-state index contributed by atoms with van der Waals surface area (Å²) in [6.45, 7) is 4.79. The third-order valence-corrected chi connectivity index (χ3v) is 9.43. The largest absolute Gasteiger partial charge is 0.353 e. The lowest BCUT2D eigenvalue weighted by molar-refractivity contribution is -0.128. The molecule has 2 bridgehead atoms. The van der Waals surface area contributed by atoms with Gasteiger partial charge >= 0.3 is 0 Å². The van der Waals surface area contributed by atoms with E-state index in [2.05, 4.69) is 17.2 Å². The number of rotatable bonds is 5. The first kappa shape index (κ1) is 21.8. The first-order chi connectivity index (χ1) is 14.4. The van der Waals surface area contributed by atoms with Crippen molar-refractivity contribution >= 4 is 15.9 Å². The molecule has 0 spiro atoms. The lowest BCUT2D eigenvalue weighted by atomic mass is 9.64. The Kier molecular flexibility index (Phi) is 6.49. The van der Waals surface area contributed by atoms with E-state index >= 15 is 0 Å². The molecule has 0 radical (unpaired) electrons. The van der Waals surface area contributed by atoms with E-state index in [0.29, 0.717) is 24.8 Å². The van der Waals surface area contributed by atoms with Gasteiger partial charge in [-0.1, -0.05) is 26.2 Å². The molecule has 3 fully saturated rings. The molecular formula is C23H35N3O3S. The third kappa shape index (κ3) is 4.42. The maximum absolute atomic E-state index is 13.2. The second-order valence-corrected chi connectivity index (χ2v) is 11.5. The van der Waals surface area contributed by atoms with Crippen LogP contribution in [0.1, 0.15) is 64.0 Å². The molecule has 1 amide bonds. The van der Waals surface area contributed by atoms with Crippen LogP contribution < -0.4 is 5.32 Å². The standard InChI is InChI=1S/C23H35N3O3S/c1-3-18-12-17-6-4-7-19(13-17)22(18)25-23(27)20-8-5-11-26(15-20)30(28,29)21-10-9-16(2)24-14-21/h9-10,14,17-20,22H,3-8,11-13,15H2,1-2H3,(H,25,27)/t17?,18?,19?,20-,22?/m0/s1. The Morgan fingerprint density at radius 1 is 1.20 bits per heavy atom. The summed E-state index contributed by atoms with van der Waals surface area (Å²) >= 11 is 0. The average molecular weight is 434 g/mol. The molecule has 7 heteroatoms. The number of amides is 1. The SMILES string of the molecule is CCC1CC2CCCC(C2)C1NC(=O)[C@H]1CCCN(S(=O)(=O)c2ccc(C)nc2)C1. The predicted molar refractivity (Wildman–Crippen MR) is 116 cm³/mol. The molecule has 3 aliphatic rings. The number of piperidine rings is 1. The molecule has 2 aliphatic carbocycles. The minimum atomic E-state index is -3.62. The third-order valence-electron chi connectivity index (χ3n) is 7.59. The van der Waals surface area contributed by atoms with Crippen LogP contribution in [-0.4, -0.2) is 42.7 Å². The van der Waals surface area contributed by atoms with Crippen LogP contribution >= 0.6 is 0 Å². The van der Waals surface area contributed by atoms with Crippen LogP contribution in [0.3, 0.4) is 0 Å². The van der Waals surface area contributed by atoms with Crippen molar-refractivity contribution in [3.8, 4) is 0 Å². The van der Waals surface area contributed by atoms with Crippen LogP contribution in [0.4, 0.5) is 0 Å². The van der Waals surface area contributed by atoms with Gasteiger partial charge in [-0.2, -0.15) is 4.31 Å². The zero-order valence-electron chi connectivity index (χ0n) is 18.2. The number of nitrogens with zero attached hydrogens (tertiary/aromatic N) is 2. The highest BCUT2D eigenvalue weighted by Crippen LogP contribution is 2.44. The molecule has 4 unspecified atom stereocenters. The van der Waals surface area contributed by atoms with E-state index in [1.807, 2.05) is 6.92 Å². The molecule has 1 saturated heterocycles. The molecule has 0 aromatic carbocycles. The van der Waals surface area contributed by atoms with Crippen LogP contribution in [0.5, 0.6) is 0 Å². The zero-order valence-corrected chi connectivity index (χ0v) is 19.0. The normalized spacial score (nSPS) is 32.5. The van der Waals surface area contributed by atoms with E-state index < -0.39 is 10.0 Å². The lowest BCUT2D eigenvalue weighted by Gasteiger charge is -2.46. The summed E-state index contributed by atoms with van der Waals surface area (Å²) in [6.07, 6.45) is 10.3. The number of pyridine rings is 1. The average Bonchev–Trinajstić information content (AvgIpc) is 2.76. The van der Waals surface area contributed by atoms with Crippen molar-refractivity contribution in [1.29, 1.82) is 0 Å². The molecule has 6 nitrogen and oxygen atoms in total. The van der Waals surface area contributed by atoms with Gasteiger partial charge in [-0.15, -0.1) is 0 Å². The van der Waals surface area contributed by atoms with Gasteiger partial charge in [-0.25, -0.2) is 8.42 Å². The highest BCUT2D eigenvalue weighted by Gasteiger charge is 2.41.